The van der Waals surface area contributed by atoms with Crippen molar-refractivity contribution < 1.29 is 4.39 Å². The second-order valence-corrected chi connectivity index (χ2v) is 7.45. The van der Waals surface area contributed by atoms with E-state index >= 15 is 0 Å². The second-order valence-electron chi connectivity index (χ2n) is 7.45. The number of aromatic nitrogens is 1. The van der Waals surface area contributed by atoms with E-state index in [4.69, 9.17) is 5.73 Å². The molecule has 8 heteroatoms. The van der Waals surface area contributed by atoms with Crippen LogP contribution in [0.3, 0.4) is 0 Å². The van der Waals surface area contributed by atoms with Crippen LogP contribution in [-0.4, -0.2) is 43.7 Å². The van der Waals surface area contributed by atoms with Gasteiger partial charge in [-0.2, -0.15) is 0 Å². The summed E-state index contributed by atoms with van der Waals surface area (Å²) in [5.74, 6) is 1.75. The molecule has 3 N–H and O–H groups in total. The molecule has 0 aliphatic carbocycles. The van der Waals surface area contributed by atoms with E-state index in [9.17, 15) is 4.39 Å². The van der Waals surface area contributed by atoms with Crippen molar-refractivity contribution in [2.24, 2.45) is 16.6 Å². The fourth-order valence-corrected chi connectivity index (χ4v) is 3.12. The molecule has 0 spiro atoms. The van der Waals surface area contributed by atoms with E-state index in [-0.39, 0.29) is 29.8 Å². The average molecular weight is 512 g/mol. The van der Waals surface area contributed by atoms with Crippen molar-refractivity contribution in [2.75, 3.05) is 42.5 Å². The Kier molecular flexibility index (Phi) is 8.94. The molecule has 1 fully saturated rings. The van der Waals surface area contributed by atoms with Crippen LogP contribution < -0.4 is 20.9 Å². The minimum absolute atomic E-state index is 0. The first kappa shape index (κ1) is 23.2. The fraction of sp³-hybridized carbons (Fsp3) is 0.429. The molecule has 0 atom stereocenters. The van der Waals surface area contributed by atoms with E-state index in [0.29, 0.717) is 18.4 Å². The maximum atomic E-state index is 13.1. The first-order valence-electron chi connectivity index (χ1n) is 9.75. The Bertz CT molecular complexity index is 788. The summed E-state index contributed by atoms with van der Waals surface area (Å²) in [5, 5.41) is 3.13. The van der Waals surface area contributed by atoms with Crippen LogP contribution in [0.4, 0.5) is 15.9 Å². The summed E-state index contributed by atoms with van der Waals surface area (Å²) in [4.78, 5) is 13.5. The third-order valence-corrected chi connectivity index (χ3v) is 4.73. The SMILES string of the molecule is CC(C)CNC(N)=NCc1ccnc(N2CCN(c3ccc(F)cc3)CC2)c1.I. The highest BCUT2D eigenvalue weighted by Gasteiger charge is 2.18. The van der Waals surface area contributed by atoms with Gasteiger partial charge in [0.15, 0.2) is 5.96 Å². The molecule has 0 saturated carbocycles. The number of guanidine groups is 1. The molecule has 1 aromatic carbocycles. The van der Waals surface area contributed by atoms with Crippen LogP contribution >= 0.6 is 24.0 Å². The summed E-state index contributed by atoms with van der Waals surface area (Å²) in [5.41, 5.74) is 8.05. The number of hydrogen-bond acceptors (Lipinski definition) is 4. The Morgan fingerprint density at radius 1 is 1.14 bits per heavy atom. The number of aliphatic imine (C=N–C) groups is 1. The van der Waals surface area contributed by atoms with Gasteiger partial charge in [-0.25, -0.2) is 14.4 Å². The van der Waals surface area contributed by atoms with Crippen LogP contribution in [0, 0.1) is 11.7 Å². The van der Waals surface area contributed by atoms with Gasteiger partial charge in [0.05, 0.1) is 6.54 Å². The van der Waals surface area contributed by atoms with Crippen LogP contribution in [0.25, 0.3) is 0 Å². The fourth-order valence-electron chi connectivity index (χ4n) is 3.12. The largest absolute Gasteiger partial charge is 0.370 e. The Labute approximate surface area is 189 Å². The summed E-state index contributed by atoms with van der Waals surface area (Å²) < 4.78 is 13.1. The van der Waals surface area contributed by atoms with Crippen molar-refractivity contribution in [1.29, 1.82) is 0 Å². The number of pyridine rings is 1. The van der Waals surface area contributed by atoms with Gasteiger partial charge in [-0.15, -0.1) is 24.0 Å². The van der Waals surface area contributed by atoms with Gasteiger partial charge in [-0.3, -0.25) is 0 Å². The van der Waals surface area contributed by atoms with E-state index in [2.05, 4.69) is 45.0 Å². The maximum Gasteiger partial charge on any atom is 0.188 e. The van der Waals surface area contributed by atoms with E-state index in [1.54, 1.807) is 0 Å². The average Bonchev–Trinajstić information content (AvgIpc) is 2.71. The van der Waals surface area contributed by atoms with E-state index < -0.39 is 0 Å². The lowest BCUT2D eigenvalue weighted by atomic mass is 10.2. The highest BCUT2D eigenvalue weighted by molar-refractivity contribution is 14.0. The molecule has 1 saturated heterocycles. The quantitative estimate of drug-likeness (QED) is 0.354. The first-order chi connectivity index (χ1) is 13.5. The molecular formula is C21H30FIN6. The van der Waals surface area contributed by atoms with Crippen molar-refractivity contribution in [2.45, 2.75) is 20.4 Å². The molecule has 0 unspecified atom stereocenters. The molecule has 1 aromatic heterocycles. The van der Waals surface area contributed by atoms with Crippen molar-refractivity contribution >= 4 is 41.4 Å². The van der Waals surface area contributed by atoms with E-state index in [1.165, 1.54) is 12.1 Å². The zero-order valence-corrected chi connectivity index (χ0v) is 19.3. The maximum absolute atomic E-state index is 13.1. The molecule has 2 aromatic rings. The molecule has 1 aliphatic heterocycles. The van der Waals surface area contributed by atoms with Gasteiger partial charge in [-0.05, 0) is 47.9 Å². The molecular weight excluding hydrogens is 482 g/mol. The number of hydrogen-bond donors (Lipinski definition) is 2. The molecule has 0 radical (unpaired) electrons. The predicted octanol–water partition coefficient (Wildman–Crippen LogP) is 3.23. The Hall–Kier alpha value is -2.10. The zero-order valence-electron chi connectivity index (χ0n) is 17.0. The lowest BCUT2D eigenvalue weighted by Gasteiger charge is -2.36. The van der Waals surface area contributed by atoms with Crippen molar-refractivity contribution in [3.8, 4) is 0 Å². The zero-order chi connectivity index (χ0) is 19.9. The third kappa shape index (κ3) is 7.02. The lowest BCUT2D eigenvalue weighted by Crippen LogP contribution is -2.46. The number of piperazine rings is 1. The van der Waals surface area contributed by atoms with Crippen LogP contribution in [-0.2, 0) is 6.54 Å². The van der Waals surface area contributed by atoms with Gasteiger partial charge in [0.2, 0.25) is 0 Å². The normalized spacial score (nSPS) is 14.7. The number of halogens is 2. The van der Waals surface area contributed by atoms with Crippen LogP contribution in [0.5, 0.6) is 0 Å². The van der Waals surface area contributed by atoms with Crippen LogP contribution in [0.2, 0.25) is 0 Å². The summed E-state index contributed by atoms with van der Waals surface area (Å²) in [6, 6.07) is 10.7. The van der Waals surface area contributed by atoms with E-state index in [0.717, 1.165) is 49.8 Å². The highest BCUT2D eigenvalue weighted by atomic mass is 127. The number of nitrogens with zero attached hydrogens (tertiary/aromatic N) is 4. The van der Waals surface area contributed by atoms with Gasteiger partial charge in [0, 0.05) is 44.6 Å². The number of nitrogens with one attached hydrogen (secondary N) is 1. The second kappa shape index (κ2) is 11.2. The van der Waals surface area contributed by atoms with Gasteiger partial charge in [-0.1, -0.05) is 13.8 Å². The van der Waals surface area contributed by atoms with Gasteiger partial charge >= 0.3 is 0 Å². The molecule has 6 nitrogen and oxygen atoms in total. The minimum Gasteiger partial charge on any atom is -0.370 e. The van der Waals surface area contributed by atoms with Gasteiger partial charge in [0.25, 0.3) is 0 Å². The molecule has 2 heterocycles. The summed E-state index contributed by atoms with van der Waals surface area (Å²) >= 11 is 0. The van der Waals surface area contributed by atoms with Crippen LogP contribution in [0.1, 0.15) is 19.4 Å². The molecule has 0 amide bonds. The van der Waals surface area contributed by atoms with E-state index in [1.807, 2.05) is 24.4 Å². The lowest BCUT2D eigenvalue weighted by molar-refractivity contribution is 0.621. The predicted molar refractivity (Wildman–Crippen MR) is 129 cm³/mol. The number of benzene rings is 1. The third-order valence-electron chi connectivity index (χ3n) is 4.73. The topological polar surface area (TPSA) is 69.8 Å². The summed E-state index contributed by atoms with van der Waals surface area (Å²) in [6.07, 6.45) is 1.82. The minimum atomic E-state index is -0.203. The van der Waals surface area contributed by atoms with Gasteiger partial charge < -0.3 is 20.9 Å². The van der Waals surface area contributed by atoms with Crippen molar-refractivity contribution in [3.05, 3.63) is 54.0 Å². The van der Waals surface area contributed by atoms with Crippen molar-refractivity contribution in [3.63, 3.8) is 0 Å². The smallest absolute Gasteiger partial charge is 0.188 e. The Morgan fingerprint density at radius 2 is 1.79 bits per heavy atom. The molecule has 0 bridgehead atoms. The molecule has 29 heavy (non-hydrogen) atoms. The molecule has 158 valence electrons. The number of anilines is 2. The first-order valence-corrected chi connectivity index (χ1v) is 9.75. The molecule has 1 aliphatic rings. The number of rotatable bonds is 6. The summed E-state index contributed by atoms with van der Waals surface area (Å²) in [6.45, 7) is 9.10. The Morgan fingerprint density at radius 3 is 2.45 bits per heavy atom. The summed E-state index contributed by atoms with van der Waals surface area (Å²) in [7, 11) is 0. The molecule has 3 rings (SSSR count). The monoisotopic (exact) mass is 512 g/mol. The van der Waals surface area contributed by atoms with Gasteiger partial charge in [0.1, 0.15) is 11.6 Å². The highest BCUT2D eigenvalue weighted by Crippen LogP contribution is 2.20. The number of nitrogens with two attached hydrogens (primary N) is 1. The standard InChI is InChI=1S/C21H29FN6.HI/c1-16(2)14-25-21(23)26-15-17-7-8-24-20(13-17)28-11-9-27(10-12-28)19-5-3-18(22)4-6-19;/h3-8,13,16H,9-12,14-15H2,1-2H3,(H3,23,25,26);1H. The van der Waals surface area contributed by atoms with Crippen LogP contribution in [0.15, 0.2) is 47.6 Å². The Balaban J connectivity index is 0.00000300. The van der Waals surface area contributed by atoms with Crippen molar-refractivity contribution in [1.82, 2.24) is 10.3 Å².